The maximum atomic E-state index is 4.31. The van der Waals surface area contributed by atoms with Gasteiger partial charge in [0.15, 0.2) is 0 Å². The van der Waals surface area contributed by atoms with E-state index in [0.29, 0.717) is 0 Å². The molecule has 1 radical (unpaired) electrons. The largest absolute Gasteiger partial charge is 0.261 e. The van der Waals surface area contributed by atoms with Crippen molar-refractivity contribution in [1.82, 2.24) is 9.97 Å². The molecule has 0 amide bonds. The summed E-state index contributed by atoms with van der Waals surface area (Å²) >= 11 is 0. The Morgan fingerprint density at radius 2 is 2.07 bits per heavy atom. The molecule has 2 heterocycles. The van der Waals surface area contributed by atoms with Gasteiger partial charge in [-0.25, -0.2) is 0 Å². The Morgan fingerprint density at radius 3 is 2.71 bits per heavy atom. The Labute approximate surface area is 83.7 Å². The summed E-state index contributed by atoms with van der Waals surface area (Å²) in [5, 5.41) is 0. The molecule has 0 saturated carbocycles. The van der Waals surface area contributed by atoms with E-state index in [2.05, 4.69) is 23.1 Å². The van der Waals surface area contributed by atoms with E-state index in [-0.39, 0.29) is 5.92 Å². The van der Waals surface area contributed by atoms with Crippen molar-refractivity contribution in [2.45, 2.75) is 12.8 Å². The Balaban J connectivity index is 2.30. The second-order valence-corrected chi connectivity index (χ2v) is 3.18. The molecule has 2 rings (SSSR count). The fourth-order valence-electron chi connectivity index (χ4n) is 1.37. The number of nitrogens with zero attached hydrogens (tertiary/aromatic N) is 2. The highest BCUT2D eigenvalue weighted by molar-refractivity contribution is 5.23. The van der Waals surface area contributed by atoms with E-state index in [1.807, 2.05) is 36.5 Å². The summed E-state index contributed by atoms with van der Waals surface area (Å²) in [6.07, 6.45) is 6.52. The second-order valence-electron chi connectivity index (χ2n) is 3.18. The Bertz CT molecular complexity index is 344. The molecule has 2 nitrogen and oxygen atoms in total. The fraction of sp³-hybridized carbons (Fsp3) is 0.167. The van der Waals surface area contributed by atoms with Gasteiger partial charge in [0.1, 0.15) is 0 Å². The van der Waals surface area contributed by atoms with Gasteiger partial charge >= 0.3 is 0 Å². The molecule has 0 fully saturated rings. The highest BCUT2D eigenvalue weighted by atomic mass is 14.7. The third-order valence-corrected chi connectivity index (χ3v) is 2.23. The zero-order valence-electron chi connectivity index (χ0n) is 8.01. The Hall–Kier alpha value is -1.70. The van der Waals surface area contributed by atoms with Gasteiger partial charge in [0.05, 0.1) is 6.20 Å². The first kappa shape index (κ1) is 8.88. The molecule has 0 aliphatic heterocycles. The van der Waals surface area contributed by atoms with E-state index in [0.717, 1.165) is 11.3 Å². The van der Waals surface area contributed by atoms with Crippen LogP contribution in [0.25, 0.3) is 0 Å². The molecule has 2 aromatic heterocycles. The van der Waals surface area contributed by atoms with Gasteiger partial charge in [-0.05, 0) is 23.8 Å². The number of pyridine rings is 2. The molecule has 1 atom stereocenters. The summed E-state index contributed by atoms with van der Waals surface area (Å²) in [7, 11) is 0. The summed E-state index contributed by atoms with van der Waals surface area (Å²) in [4.78, 5) is 8.29. The predicted octanol–water partition coefficient (Wildman–Crippen LogP) is 2.43. The lowest BCUT2D eigenvalue weighted by Gasteiger charge is -2.09. The van der Waals surface area contributed by atoms with Crippen LogP contribution in [0.2, 0.25) is 0 Å². The van der Waals surface area contributed by atoms with Crippen molar-refractivity contribution in [2.24, 2.45) is 0 Å². The molecule has 2 aromatic rings. The Kier molecular flexibility index (Phi) is 2.54. The summed E-state index contributed by atoms with van der Waals surface area (Å²) in [5.74, 6) is 0.255. The average molecular weight is 183 g/mol. The van der Waals surface area contributed by atoms with Crippen molar-refractivity contribution in [1.29, 1.82) is 0 Å². The van der Waals surface area contributed by atoms with Crippen LogP contribution < -0.4 is 0 Å². The molecule has 0 saturated heterocycles. The maximum Gasteiger partial charge on any atom is 0.0927 e. The van der Waals surface area contributed by atoms with Crippen LogP contribution in [-0.4, -0.2) is 9.97 Å². The number of aromatic nitrogens is 2. The van der Waals surface area contributed by atoms with Crippen LogP contribution in [-0.2, 0) is 0 Å². The molecule has 0 aromatic carbocycles. The van der Waals surface area contributed by atoms with Gasteiger partial charge in [0, 0.05) is 24.0 Å². The van der Waals surface area contributed by atoms with Crippen molar-refractivity contribution in [2.75, 3.05) is 0 Å². The smallest absolute Gasteiger partial charge is 0.0927 e. The average Bonchev–Trinajstić information content (AvgIpc) is 2.30. The lowest BCUT2D eigenvalue weighted by molar-refractivity contribution is 0.861. The standard InChI is InChI=1S/C12H11N2/c1-10(11-5-4-7-13-9-11)12-6-2-3-8-14-12/h2-8,10H,1H3. The van der Waals surface area contributed by atoms with Crippen molar-refractivity contribution < 1.29 is 0 Å². The van der Waals surface area contributed by atoms with E-state index in [9.17, 15) is 0 Å². The first-order chi connectivity index (χ1) is 6.88. The molecule has 0 aliphatic rings. The molecule has 0 aliphatic carbocycles. The van der Waals surface area contributed by atoms with Gasteiger partial charge in [0.25, 0.3) is 0 Å². The van der Waals surface area contributed by atoms with E-state index in [1.165, 1.54) is 0 Å². The first-order valence-corrected chi connectivity index (χ1v) is 4.61. The number of hydrogen-bond acceptors (Lipinski definition) is 2. The Morgan fingerprint density at radius 1 is 1.14 bits per heavy atom. The third kappa shape index (κ3) is 1.79. The monoisotopic (exact) mass is 183 g/mol. The van der Waals surface area contributed by atoms with E-state index in [4.69, 9.17) is 0 Å². The van der Waals surface area contributed by atoms with Gasteiger partial charge in [-0.3, -0.25) is 9.97 Å². The van der Waals surface area contributed by atoms with E-state index in [1.54, 1.807) is 6.20 Å². The molecule has 0 N–H and O–H groups in total. The zero-order valence-corrected chi connectivity index (χ0v) is 8.01. The normalized spacial score (nSPS) is 12.4. The van der Waals surface area contributed by atoms with Crippen LogP contribution in [0.4, 0.5) is 0 Å². The molecule has 69 valence electrons. The second kappa shape index (κ2) is 4.01. The molecule has 14 heavy (non-hydrogen) atoms. The molecule has 0 bridgehead atoms. The highest BCUT2D eigenvalue weighted by Gasteiger charge is 2.08. The van der Waals surface area contributed by atoms with Crippen molar-refractivity contribution in [3.63, 3.8) is 0 Å². The SMILES string of the molecule is CC(c1[c]nccc1)c1ccccn1. The van der Waals surface area contributed by atoms with Gasteiger partial charge in [0.2, 0.25) is 0 Å². The van der Waals surface area contributed by atoms with Crippen LogP contribution in [0.5, 0.6) is 0 Å². The van der Waals surface area contributed by atoms with Crippen LogP contribution >= 0.6 is 0 Å². The molecule has 1 unspecified atom stereocenters. The van der Waals surface area contributed by atoms with Crippen LogP contribution in [0.3, 0.4) is 0 Å². The lowest BCUT2D eigenvalue weighted by Crippen LogP contribution is -1.98. The minimum Gasteiger partial charge on any atom is -0.261 e. The zero-order chi connectivity index (χ0) is 9.80. The topological polar surface area (TPSA) is 25.8 Å². The summed E-state index contributed by atoms with van der Waals surface area (Å²) in [6, 6.07) is 9.88. The van der Waals surface area contributed by atoms with Crippen molar-refractivity contribution in [3.8, 4) is 0 Å². The first-order valence-electron chi connectivity index (χ1n) is 4.61. The van der Waals surface area contributed by atoms with Gasteiger partial charge in [-0.2, -0.15) is 0 Å². The van der Waals surface area contributed by atoms with Gasteiger partial charge in [-0.1, -0.05) is 19.1 Å². The van der Waals surface area contributed by atoms with Crippen molar-refractivity contribution in [3.05, 3.63) is 60.2 Å². The van der Waals surface area contributed by atoms with Gasteiger partial charge in [-0.15, -0.1) is 0 Å². The molecular formula is C12H11N2. The summed E-state index contributed by atoms with van der Waals surface area (Å²) in [6.45, 7) is 2.11. The van der Waals surface area contributed by atoms with Crippen LogP contribution in [0, 0.1) is 6.20 Å². The van der Waals surface area contributed by atoms with Gasteiger partial charge < -0.3 is 0 Å². The quantitative estimate of drug-likeness (QED) is 0.714. The lowest BCUT2D eigenvalue weighted by atomic mass is 9.99. The number of hydrogen-bond donors (Lipinski definition) is 0. The molecular weight excluding hydrogens is 172 g/mol. The van der Waals surface area contributed by atoms with E-state index < -0.39 is 0 Å². The van der Waals surface area contributed by atoms with E-state index >= 15 is 0 Å². The summed E-state index contributed by atoms with van der Waals surface area (Å²) < 4.78 is 0. The minimum absolute atomic E-state index is 0.255. The molecule has 2 heteroatoms. The number of rotatable bonds is 2. The maximum absolute atomic E-state index is 4.31. The summed E-state index contributed by atoms with van der Waals surface area (Å²) in [5.41, 5.74) is 2.13. The minimum atomic E-state index is 0.255. The van der Waals surface area contributed by atoms with Crippen LogP contribution in [0.1, 0.15) is 24.1 Å². The van der Waals surface area contributed by atoms with Crippen LogP contribution in [0.15, 0.2) is 42.7 Å². The third-order valence-electron chi connectivity index (χ3n) is 2.23. The fourth-order valence-corrected chi connectivity index (χ4v) is 1.37. The predicted molar refractivity (Wildman–Crippen MR) is 54.8 cm³/mol. The highest BCUT2D eigenvalue weighted by Crippen LogP contribution is 2.19. The molecule has 0 spiro atoms. The van der Waals surface area contributed by atoms with Crippen molar-refractivity contribution >= 4 is 0 Å².